The Kier molecular flexibility index (Phi) is 7.30. The fourth-order valence-electron chi connectivity index (χ4n) is 3.61. The first kappa shape index (κ1) is 25.9. The van der Waals surface area contributed by atoms with Crippen LogP contribution in [0.4, 0.5) is 5.82 Å². The highest BCUT2D eigenvalue weighted by atomic mass is 32.2. The normalized spacial score (nSPS) is 27.1. The van der Waals surface area contributed by atoms with Crippen molar-refractivity contribution in [2.75, 3.05) is 10.9 Å². The second kappa shape index (κ2) is 9.87. The van der Waals surface area contributed by atoms with Gasteiger partial charge in [-0.3, -0.25) is 19.2 Å². The van der Waals surface area contributed by atoms with Gasteiger partial charge in [0.05, 0.1) is 6.33 Å². The molecule has 0 saturated carbocycles. The zero-order valence-electron chi connectivity index (χ0n) is 19.0. The summed E-state index contributed by atoms with van der Waals surface area (Å²) in [6.07, 6.45) is -6.71. The predicted octanol–water partition coefficient (Wildman–Crippen LogP) is -1.74. The number of aromatic nitrogens is 2. The van der Waals surface area contributed by atoms with Crippen molar-refractivity contribution in [2.45, 2.75) is 58.3 Å². The van der Waals surface area contributed by atoms with Crippen LogP contribution in [-0.2, 0) is 53.1 Å². The highest BCUT2D eigenvalue weighted by Gasteiger charge is 2.57. The molecule has 192 valence electrons. The molecule has 35 heavy (non-hydrogen) atoms. The lowest BCUT2D eigenvalue weighted by Gasteiger charge is -2.47. The van der Waals surface area contributed by atoms with E-state index in [4.69, 9.17) is 29.4 Å². The standard InChI is InChI=1S/C18H23N5O11S/c1-7(24)30-5-11-13(31-8(2)25)14(32-9(3)26)15(33-10(4)27)18(34-11)23-17-12(20-6-21-17)16(19)22-35(23,28)29/h6,11,13-15,18H,5H2,1-4H3,(H2,19,22)(H,20,21)/t11-,13-,14+,15-,18-/m1/s1. The Hall–Kier alpha value is -3.73. The van der Waals surface area contributed by atoms with E-state index in [1.165, 1.54) is 0 Å². The average molecular weight is 517 g/mol. The molecule has 0 bridgehead atoms. The van der Waals surface area contributed by atoms with Gasteiger partial charge in [0.25, 0.3) is 0 Å². The number of amidine groups is 1. The third-order valence-electron chi connectivity index (χ3n) is 4.74. The number of fused-ring (bicyclic) bond motifs is 1. The van der Waals surface area contributed by atoms with Gasteiger partial charge in [-0.1, -0.05) is 0 Å². The first-order chi connectivity index (χ1) is 16.3. The van der Waals surface area contributed by atoms with E-state index >= 15 is 0 Å². The number of anilines is 1. The lowest BCUT2D eigenvalue weighted by Crippen LogP contribution is -2.67. The second-order valence-corrected chi connectivity index (χ2v) is 8.91. The number of aromatic amines is 1. The quantitative estimate of drug-likeness (QED) is 0.317. The van der Waals surface area contributed by atoms with Gasteiger partial charge in [0.1, 0.15) is 18.4 Å². The summed E-state index contributed by atoms with van der Waals surface area (Å²) in [6.45, 7) is 3.68. The number of carbonyl (C=O) groups is 4. The van der Waals surface area contributed by atoms with E-state index in [1.807, 2.05) is 0 Å². The number of nitrogens with two attached hydrogens (primary N) is 1. The first-order valence-electron chi connectivity index (χ1n) is 10.1. The van der Waals surface area contributed by atoms with Gasteiger partial charge in [0.15, 0.2) is 36.2 Å². The summed E-state index contributed by atoms with van der Waals surface area (Å²) in [7, 11) is -4.63. The molecule has 2 aliphatic rings. The third kappa shape index (κ3) is 5.51. The molecule has 3 N–H and O–H groups in total. The van der Waals surface area contributed by atoms with E-state index in [-0.39, 0.29) is 17.3 Å². The van der Waals surface area contributed by atoms with Crippen molar-refractivity contribution in [3.63, 3.8) is 0 Å². The summed E-state index contributed by atoms with van der Waals surface area (Å²) in [5, 5.41) is 0. The van der Waals surface area contributed by atoms with Crippen LogP contribution in [0, 0.1) is 0 Å². The van der Waals surface area contributed by atoms with Crippen LogP contribution in [0.3, 0.4) is 0 Å². The summed E-state index contributed by atoms with van der Waals surface area (Å²) < 4.78 is 56.9. The van der Waals surface area contributed by atoms with Gasteiger partial charge in [0.2, 0.25) is 0 Å². The summed E-state index contributed by atoms with van der Waals surface area (Å²) in [6, 6.07) is 0. The van der Waals surface area contributed by atoms with Crippen molar-refractivity contribution in [3.05, 3.63) is 12.0 Å². The van der Waals surface area contributed by atoms with Gasteiger partial charge >= 0.3 is 34.1 Å². The highest BCUT2D eigenvalue weighted by molar-refractivity contribution is 7.91. The second-order valence-electron chi connectivity index (χ2n) is 7.44. The number of ether oxygens (including phenoxy) is 5. The van der Waals surface area contributed by atoms with Gasteiger partial charge < -0.3 is 34.4 Å². The molecule has 1 aromatic rings. The van der Waals surface area contributed by atoms with Crippen LogP contribution in [0.1, 0.15) is 33.4 Å². The Morgan fingerprint density at radius 3 is 2.14 bits per heavy atom. The molecular formula is C18H23N5O11S. The van der Waals surface area contributed by atoms with Crippen molar-refractivity contribution in [1.29, 1.82) is 0 Å². The Morgan fingerprint density at radius 2 is 1.57 bits per heavy atom. The van der Waals surface area contributed by atoms with Crippen molar-refractivity contribution in [3.8, 4) is 0 Å². The minimum Gasteiger partial charge on any atom is -0.463 e. The fourth-order valence-corrected chi connectivity index (χ4v) is 4.83. The number of imidazole rings is 1. The van der Waals surface area contributed by atoms with Gasteiger partial charge in [-0.2, -0.15) is 8.42 Å². The van der Waals surface area contributed by atoms with E-state index in [0.29, 0.717) is 4.31 Å². The molecule has 2 aliphatic heterocycles. The number of nitrogens with one attached hydrogen (secondary N) is 1. The molecule has 1 saturated heterocycles. The molecule has 0 amide bonds. The molecule has 5 atom stereocenters. The minimum atomic E-state index is -4.63. The molecule has 17 heteroatoms. The van der Waals surface area contributed by atoms with Gasteiger partial charge in [0, 0.05) is 27.7 Å². The van der Waals surface area contributed by atoms with Crippen LogP contribution in [-0.4, -0.2) is 85.3 Å². The number of rotatable bonds is 6. The number of nitrogens with zero attached hydrogens (tertiary/aromatic N) is 3. The van der Waals surface area contributed by atoms with Crippen molar-refractivity contribution >= 4 is 45.7 Å². The van der Waals surface area contributed by atoms with Crippen LogP contribution < -0.4 is 10.0 Å². The van der Waals surface area contributed by atoms with Crippen molar-refractivity contribution in [1.82, 2.24) is 9.97 Å². The zero-order chi connectivity index (χ0) is 26.1. The molecule has 16 nitrogen and oxygen atoms in total. The molecule has 3 heterocycles. The number of hydrogen-bond donors (Lipinski definition) is 2. The molecule has 1 fully saturated rings. The average Bonchev–Trinajstić information content (AvgIpc) is 3.18. The maximum absolute atomic E-state index is 13.1. The molecular weight excluding hydrogens is 494 g/mol. The number of H-pyrrole nitrogens is 1. The summed E-state index contributed by atoms with van der Waals surface area (Å²) in [5.74, 6) is -3.98. The Labute approximate surface area is 198 Å². The van der Waals surface area contributed by atoms with E-state index in [0.717, 1.165) is 34.0 Å². The van der Waals surface area contributed by atoms with E-state index < -0.39 is 71.3 Å². The molecule has 1 aromatic heterocycles. The molecule has 3 rings (SSSR count). The fraction of sp³-hybridized carbons (Fsp3) is 0.556. The largest absolute Gasteiger partial charge is 0.463 e. The van der Waals surface area contributed by atoms with Gasteiger partial charge in [-0.25, -0.2) is 9.29 Å². The van der Waals surface area contributed by atoms with Crippen LogP contribution in [0.2, 0.25) is 0 Å². The van der Waals surface area contributed by atoms with Crippen LogP contribution in [0.15, 0.2) is 10.7 Å². The van der Waals surface area contributed by atoms with Gasteiger partial charge in [-0.05, 0) is 0 Å². The Bertz CT molecular complexity index is 1160. The van der Waals surface area contributed by atoms with Crippen molar-refractivity contribution < 1.29 is 51.3 Å². The predicted molar refractivity (Wildman–Crippen MR) is 113 cm³/mol. The van der Waals surface area contributed by atoms with E-state index in [2.05, 4.69) is 14.4 Å². The lowest BCUT2D eigenvalue weighted by molar-refractivity contribution is -0.250. The number of hydrogen-bond acceptors (Lipinski definition) is 13. The molecule has 0 aromatic carbocycles. The molecule has 0 aliphatic carbocycles. The third-order valence-corrected chi connectivity index (χ3v) is 6.05. The minimum absolute atomic E-state index is 0.0210. The Balaban J connectivity index is 2.17. The van der Waals surface area contributed by atoms with E-state index in [9.17, 15) is 27.6 Å². The van der Waals surface area contributed by atoms with Crippen LogP contribution in [0.25, 0.3) is 0 Å². The monoisotopic (exact) mass is 517 g/mol. The lowest BCUT2D eigenvalue weighted by atomic mass is 9.97. The van der Waals surface area contributed by atoms with Gasteiger partial charge in [-0.15, -0.1) is 4.40 Å². The maximum atomic E-state index is 13.1. The number of esters is 4. The zero-order valence-corrected chi connectivity index (χ0v) is 19.8. The number of carbonyl (C=O) groups excluding carboxylic acids is 4. The maximum Gasteiger partial charge on any atom is 0.350 e. The molecule has 0 unspecified atom stereocenters. The van der Waals surface area contributed by atoms with Crippen LogP contribution >= 0.6 is 0 Å². The summed E-state index contributed by atoms with van der Waals surface area (Å²) >= 11 is 0. The molecule has 0 radical (unpaired) electrons. The SMILES string of the molecule is CC(=O)OC[C@H]1O[C@@H](N2c3nc[nH]c3C(N)=NS2(=O)=O)[C@H](OC(C)=O)[C@@H](OC(C)=O)[C@@H]1OC(C)=O. The van der Waals surface area contributed by atoms with E-state index in [1.54, 1.807) is 0 Å². The molecule has 0 spiro atoms. The summed E-state index contributed by atoms with van der Waals surface area (Å²) in [4.78, 5) is 53.8. The van der Waals surface area contributed by atoms with Crippen LogP contribution in [0.5, 0.6) is 0 Å². The smallest absolute Gasteiger partial charge is 0.350 e. The Morgan fingerprint density at radius 1 is 1.00 bits per heavy atom. The first-order valence-corrected chi connectivity index (χ1v) is 11.5. The highest BCUT2D eigenvalue weighted by Crippen LogP contribution is 2.36. The van der Waals surface area contributed by atoms with Crippen molar-refractivity contribution in [2.24, 2.45) is 10.1 Å². The summed E-state index contributed by atoms with van der Waals surface area (Å²) in [5.41, 5.74) is 5.74. The topological polar surface area (TPSA) is 219 Å².